The van der Waals surface area contributed by atoms with Crippen LogP contribution in [0.1, 0.15) is 31.7 Å². The van der Waals surface area contributed by atoms with Gasteiger partial charge in [-0.2, -0.15) is 5.10 Å². The maximum Gasteiger partial charge on any atom is 0.297 e. The van der Waals surface area contributed by atoms with Crippen LogP contribution in [0.15, 0.2) is 9.32 Å². The summed E-state index contributed by atoms with van der Waals surface area (Å²) in [6.07, 6.45) is 0.828. The first kappa shape index (κ1) is 14.2. The zero-order valence-corrected chi connectivity index (χ0v) is 12.1. The van der Waals surface area contributed by atoms with Crippen LogP contribution >= 0.6 is 0 Å². The minimum absolute atomic E-state index is 0.0670. The van der Waals surface area contributed by atoms with Crippen molar-refractivity contribution in [3.63, 3.8) is 0 Å². The van der Waals surface area contributed by atoms with Crippen molar-refractivity contribution >= 4 is 16.8 Å². The number of rotatable bonds is 4. The summed E-state index contributed by atoms with van der Waals surface area (Å²) in [7, 11) is 0. The number of carbonyl (C=O) groups is 1. The van der Waals surface area contributed by atoms with Crippen molar-refractivity contribution in [2.24, 2.45) is 0 Å². The molecule has 20 heavy (non-hydrogen) atoms. The van der Waals surface area contributed by atoms with Crippen LogP contribution in [0.3, 0.4) is 0 Å². The Labute approximate surface area is 115 Å². The Morgan fingerprint density at radius 3 is 2.80 bits per heavy atom. The Hall–Kier alpha value is -2.18. The van der Waals surface area contributed by atoms with Crippen molar-refractivity contribution in [1.29, 1.82) is 0 Å². The van der Waals surface area contributed by atoms with Crippen LogP contribution < -0.4 is 10.9 Å². The second-order valence-electron chi connectivity index (χ2n) is 4.89. The maximum absolute atomic E-state index is 12.2. The van der Waals surface area contributed by atoms with Crippen molar-refractivity contribution in [3.05, 3.63) is 21.8 Å². The van der Waals surface area contributed by atoms with Gasteiger partial charge in [-0.15, -0.1) is 0 Å². The van der Waals surface area contributed by atoms with Gasteiger partial charge in [-0.05, 0) is 27.2 Å². The van der Waals surface area contributed by atoms with Gasteiger partial charge in [0.2, 0.25) is 5.91 Å². The van der Waals surface area contributed by atoms with Crippen LogP contribution in [-0.4, -0.2) is 26.9 Å². The first-order chi connectivity index (χ1) is 9.43. The van der Waals surface area contributed by atoms with Crippen LogP contribution in [0, 0.1) is 13.8 Å². The first-order valence-electron chi connectivity index (χ1n) is 6.57. The third kappa shape index (κ3) is 2.56. The number of amides is 1. The van der Waals surface area contributed by atoms with E-state index in [-0.39, 0.29) is 24.0 Å². The number of hydrogen-bond acceptors (Lipinski definition) is 5. The molecule has 0 aliphatic rings. The van der Waals surface area contributed by atoms with Gasteiger partial charge in [-0.3, -0.25) is 9.59 Å². The molecule has 7 heteroatoms. The zero-order valence-electron chi connectivity index (χ0n) is 12.1. The van der Waals surface area contributed by atoms with E-state index < -0.39 is 5.56 Å². The van der Waals surface area contributed by atoms with E-state index in [1.165, 1.54) is 0 Å². The first-order valence-corrected chi connectivity index (χ1v) is 6.57. The smallest absolute Gasteiger partial charge is 0.297 e. The molecule has 0 saturated carbocycles. The molecule has 2 rings (SSSR count). The monoisotopic (exact) mass is 278 g/mol. The molecule has 0 aliphatic heterocycles. The van der Waals surface area contributed by atoms with Crippen molar-refractivity contribution in [1.82, 2.24) is 20.3 Å². The van der Waals surface area contributed by atoms with E-state index in [1.807, 2.05) is 13.8 Å². The molecule has 2 aromatic rings. The van der Waals surface area contributed by atoms with E-state index in [0.29, 0.717) is 16.8 Å². The number of aromatic nitrogens is 3. The summed E-state index contributed by atoms with van der Waals surface area (Å²) in [5, 5.41) is 11.3. The fourth-order valence-electron chi connectivity index (χ4n) is 2.01. The Bertz CT molecular complexity index is 701. The number of carbonyl (C=O) groups excluding carboxylic acids is 1. The largest absolute Gasteiger partial charge is 0.360 e. The summed E-state index contributed by atoms with van der Waals surface area (Å²) in [6.45, 7) is 7.25. The van der Waals surface area contributed by atoms with Crippen molar-refractivity contribution < 1.29 is 9.32 Å². The Balaban J connectivity index is 2.34. The van der Waals surface area contributed by atoms with Gasteiger partial charge in [0.1, 0.15) is 12.3 Å². The molecule has 1 amide bonds. The van der Waals surface area contributed by atoms with E-state index in [9.17, 15) is 9.59 Å². The highest BCUT2D eigenvalue weighted by molar-refractivity contribution is 5.82. The van der Waals surface area contributed by atoms with Crippen LogP contribution in [0.2, 0.25) is 0 Å². The number of hydrogen-bond donors (Lipinski definition) is 1. The summed E-state index contributed by atoms with van der Waals surface area (Å²) < 4.78 is 6.14. The predicted octanol–water partition coefficient (Wildman–Crippen LogP) is 0.916. The summed E-state index contributed by atoms with van der Waals surface area (Å²) in [5.41, 5.74) is 0.419. The van der Waals surface area contributed by atoms with Crippen LogP contribution in [-0.2, 0) is 11.3 Å². The molecule has 0 unspecified atom stereocenters. The van der Waals surface area contributed by atoms with Gasteiger partial charge in [-0.25, -0.2) is 4.68 Å². The quantitative estimate of drug-likeness (QED) is 0.898. The molecule has 0 saturated heterocycles. The summed E-state index contributed by atoms with van der Waals surface area (Å²) in [6, 6.07) is 0.0670. The fraction of sp³-hybridized carbons (Fsp3) is 0.538. The predicted molar refractivity (Wildman–Crippen MR) is 73.4 cm³/mol. The number of aryl methyl sites for hydroxylation is 2. The summed E-state index contributed by atoms with van der Waals surface area (Å²) in [4.78, 5) is 24.0. The van der Waals surface area contributed by atoms with Gasteiger partial charge in [-0.1, -0.05) is 12.1 Å². The molecular formula is C13H18N4O3. The molecule has 0 fully saturated rings. The van der Waals surface area contributed by atoms with Crippen molar-refractivity contribution in [2.45, 2.75) is 46.7 Å². The molecule has 2 heterocycles. The lowest BCUT2D eigenvalue weighted by atomic mass is 10.2. The second-order valence-corrected chi connectivity index (χ2v) is 4.89. The molecule has 7 nitrogen and oxygen atoms in total. The van der Waals surface area contributed by atoms with Gasteiger partial charge in [0, 0.05) is 6.04 Å². The lowest BCUT2D eigenvalue weighted by Crippen LogP contribution is -2.38. The Kier molecular flexibility index (Phi) is 3.87. The highest BCUT2D eigenvalue weighted by Gasteiger charge is 2.16. The lowest BCUT2D eigenvalue weighted by Gasteiger charge is -2.12. The van der Waals surface area contributed by atoms with Gasteiger partial charge in [0.15, 0.2) is 5.52 Å². The zero-order chi connectivity index (χ0) is 14.9. The molecule has 0 radical (unpaired) electrons. The fourth-order valence-corrected chi connectivity index (χ4v) is 2.01. The minimum atomic E-state index is -0.415. The molecule has 0 aromatic carbocycles. The van der Waals surface area contributed by atoms with Gasteiger partial charge < -0.3 is 9.84 Å². The molecule has 1 N–H and O–H groups in total. The van der Waals surface area contributed by atoms with Crippen LogP contribution in [0.4, 0.5) is 0 Å². The number of nitrogens with zero attached hydrogens (tertiary/aromatic N) is 3. The molecule has 1 atom stereocenters. The van der Waals surface area contributed by atoms with Crippen molar-refractivity contribution in [2.75, 3.05) is 0 Å². The maximum atomic E-state index is 12.2. The normalized spacial score (nSPS) is 12.6. The molecule has 108 valence electrons. The topological polar surface area (TPSA) is 90.0 Å². The Morgan fingerprint density at radius 1 is 1.45 bits per heavy atom. The van der Waals surface area contributed by atoms with E-state index in [0.717, 1.165) is 11.1 Å². The molecule has 2 aromatic heterocycles. The second kappa shape index (κ2) is 5.44. The highest BCUT2D eigenvalue weighted by Crippen LogP contribution is 2.16. The van der Waals surface area contributed by atoms with E-state index >= 15 is 0 Å². The van der Waals surface area contributed by atoms with E-state index in [2.05, 4.69) is 15.6 Å². The van der Waals surface area contributed by atoms with E-state index in [1.54, 1.807) is 13.8 Å². The SMILES string of the molecule is CC[C@H](C)NC(=O)Cn1nc(C)c2c(C)onc2c1=O. The average Bonchev–Trinajstić information content (AvgIpc) is 2.78. The lowest BCUT2D eigenvalue weighted by molar-refractivity contribution is -0.122. The third-order valence-electron chi connectivity index (χ3n) is 3.25. The third-order valence-corrected chi connectivity index (χ3v) is 3.25. The van der Waals surface area contributed by atoms with Gasteiger partial charge in [0.25, 0.3) is 5.56 Å². The Morgan fingerprint density at radius 2 is 2.15 bits per heavy atom. The minimum Gasteiger partial charge on any atom is -0.360 e. The molecule has 0 bridgehead atoms. The number of nitrogens with one attached hydrogen (secondary N) is 1. The van der Waals surface area contributed by atoms with Crippen molar-refractivity contribution in [3.8, 4) is 0 Å². The summed E-state index contributed by atoms with van der Waals surface area (Å²) >= 11 is 0. The van der Waals surface area contributed by atoms with Crippen LogP contribution in [0.25, 0.3) is 10.9 Å². The standard InChI is InChI=1S/C13H18N4O3/c1-5-7(2)14-10(18)6-17-13(19)12-11(8(3)15-17)9(4)20-16-12/h7H,5-6H2,1-4H3,(H,14,18)/t7-/m0/s1. The van der Waals surface area contributed by atoms with Gasteiger partial charge >= 0.3 is 0 Å². The average molecular weight is 278 g/mol. The van der Waals surface area contributed by atoms with Gasteiger partial charge in [0.05, 0.1) is 11.1 Å². The molecular weight excluding hydrogens is 260 g/mol. The van der Waals surface area contributed by atoms with E-state index in [4.69, 9.17) is 4.52 Å². The molecule has 0 spiro atoms. The number of fused-ring (bicyclic) bond motifs is 1. The molecule has 0 aliphatic carbocycles. The highest BCUT2D eigenvalue weighted by atomic mass is 16.5. The van der Waals surface area contributed by atoms with Crippen LogP contribution in [0.5, 0.6) is 0 Å². The summed E-state index contributed by atoms with van der Waals surface area (Å²) in [5.74, 6) is 0.311.